The molecule has 0 unspecified atom stereocenters. The van der Waals surface area contributed by atoms with E-state index < -0.39 is 5.82 Å². The summed E-state index contributed by atoms with van der Waals surface area (Å²) in [5.74, 6) is 0.146. The minimum absolute atomic E-state index is 0.0379. The average Bonchev–Trinajstić information content (AvgIpc) is 3.40. The molecule has 30 heavy (non-hydrogen) atoms. The van der Waals surface area contributed by atoms with Gasteiger partial charge in [-0.25, -0.2) is 14.0 Å². The zero-order valence-electron chi connectivity index (χ0n) is 14.8. The van der Waals surface area contributed by atoms with Crippen LogP contribution >= 0.6 is 11.6 Å². The summed E-state index contributed by atoms with van der Waals surface area (Å²) < 4.78 is 19.8. The van der Waals surface area contributed by atoms with Crippen LogP contribution in [0.4, 0.5) is 21.7 Å². The van der Waals surface area contributed by atoms with E-state index in [1.807, 2.05) is 24.3 Å². The summed E-state index contributed by atoms with van der Waals surface area (Å²) in [5.41, 5.74) is 6.28. The van der Waals surface area contributed by atoms with Crippen LogP contribution in [-0.4, -0.2) is 34.9 Å². The van der Waals surface area contributed by atoms with Crippen molar-refractivity contribution >= 4 is 40.2 Å². The number of nitrogens with one attached hydrogen (secondary N) is 2. The third kappa shape index (κ3) is 2.29. The van der Waals surface area contributed by atoms with Crippen molar-refractivity contribution in [3.05, 3.63) is 53.3 Å². The van der Waals surface area contributed by atoms with E-state index in [0.29, 0.717) is 11.4 Å². The van der Waals surface area contributed by atoms with E-state index in [0.717, 1.165) is 11.3 Å². The first-order valence-electron chi connectivity index (χ1n) is 8.72. The van der Waals surface area contributed by atoms with Crippen LogP contribution < -0.4 is 10.7 Å². The smallest absolute Gasteiger partial charge is 0.245 e. The number of hydrogen-bond acceptors (Lipinski definition) is 8. The number of nitrogens with zero attached hydrogens (tertiary/aromatic N) is 6. The van der Waals surface area contributed by atoms with Gasteiger partial charge in [0.15, 0.2) is 17.3 Å². The normalized spacial score (nSPS) is 11.8. The van der Waals surface area contributed by atoms with E-state index in [1.54, 1.807) is 9.47 Å². The van der Waals surface area contributed by atoms with Gasteiger partial charge in [0, 0.05) is 11.3 Å². The first-order chi connectivity index (χ1) is 14.6. The van der Waals surface area contributed by atoms with Crippen molar-refractivity contribution in [2.45, 2.75) is 0 Å². The van der Waals surface area contributed by atoms with E-state index in [4.69, 9.17) is 16.2 Å². The number of rotatable bonds is 4. The Kier molecular flexibility index (Phi) is 3.33. The van der Waals surface area contributed by atoms with Crippen molar-refractivity contribution in [2.75, 3.05) is 10.7 Å². The lowest BCUT2D eigenvalue weighted by molar-refractivity contribution is 0.314. The van der Waals surface area contributed by atoms with Gasteiger partial charge < -0.3 is 10.4 Å². The summed E-state index contributed by atoms with van der Waals surface area (Å²) in [4.78, 5) is 10.4. The molecule has 6 rings (SSSR count). The molecule has 0 saturated heterocycles. The largest absolute Gasteiger partial charge is 0.492 e. The van der Waals surface area contributed by atoms with Gasteiger partial charge in [0.25, 0.3) is 0 Å². The van der Waals surface area contributed by atoms with Gasteiger partial charge in [0.1, 0.15) is 5.82 Å². The standard InChI is InChI=1S/C18H10ClFN8O2/c19-10-7-8(5-6-11(10)20)21-14-15(23-17-16(22-14)25-30-26-17)24-28-13-9-3-1-2-4-12(9)27(28)18(13)29/h1-7,29H,(H,21,22,25)(H,23,24,26). The molecule has 1 aliphatic heterocycles. The predicted octanol–water partition coefficient (Wildman–Crippen LogP) is 3.70. The van der Waals surface area contributed by atoms with Crippen LogP contribution in [0.3, 0.4) is 0 Å². The number of fused-ring (bicyclic) bond motifs is 6. The first kappa shape index (κ1) is 16.8. The molecule has 3 N–H and O–H groups in total. The van der Waals surface area contributed by atoms with Gasteiger partial charge in [0.2, 0.25) is 17.2 Å². The molecule has 5 aromatic rings. The van der Waals surface area contributed by atoms with Gasteiger partial charge in [-0.2, -0.15) is 14.5 Å². The molecule has 148 valence electrons. The van der Waals surface area contributed by atoms with Gasteiger partial charge in [-0.05, 0) is 34.6 Å². The number of benzene rings is 2. The van der Waals surface area contributed by atoms with Crippen molar-refractivity contribution in [2.24, 2.45) is 0 Å². The molecule has 12 heteroatoms. The highest BCUT2D eigenvalue weighted by Gasteiger charge is 2.34. The van der Waals surface area contributed by atoms with Crippen molar-refractivity contribution in [1.29, 1.82) is 0 Å². The maximum atomic E-state index is 13.5. The Labute approximate surface area is 171 Å². The van der Waals surface area contributed by atoms with E-state index in [9.17, 15) is 9.50 Å². The average molecular weight is 425 g/mol. The minimum atomic E-state index is -0.534. The van der Waals surface area contributed by atoms with Gasteiger partial charge >= 0.3 is 0 Å². The van der Waals surface area contributed by atoms with Crippen LogP contribution in [0.1, 0.15) is 0 Å². The lowest BCUT2D eigenvalue weighted by Gasteiger charge is -2.21. The minimum Gasteiger partial charge on any atom is -0.492 e. The molecule has 4 heterocycles. The molecule has 3 aromatic heterocycles. The molecule has 0 fully saturated rings. The Morgan fingerprint density at radius 2 is 1.80 bits per heavy atom. The van der Waals surface area contributed by atoms with Crippen molar-refractivity contribution < 1.29 is 14.1 Å². The second-order valence-electron chi connectivity index (χ2n) is 6.51. The second kappa shape index (κ2) is 5.94. The van der Waals surface area contributed by atoms with Gasteiger partial charge in [-0.15, -0.1) is 0 Å². The third-order valence-corrected chi connectivity index (χ3v) is 5.01. The third-order valence-electron chi connectivity index (χ3n) is 4.72. The fourth-order valence-corrected chi connectivity index (χ4v) is 3.56. The van der Waals surface area contributed by atoms with Crippen molar-refractivity contribution in [3.63, 3.8) is 0 Å². The summed E-state index contributed by atoms with van der Waals surface area (Å²) in [6.45, 7) is 0. The SMILES string of the molecule is Oc1c2n(Nc3nc4nonc4nc3Nc3ccc(F)c(Cl)c3)n1-c1ccccc1-2. The van der Waals surface area contributed by atoms with Crippen LogP contribution in [0.25, 0.3) is 28.2 Å². The number of para-hydroxylation sites is 1. The molecule has 2 bridgehead atoms. The number of anilines is 3. The van der Waals surface area contributed by atoms with E-state index in [1.165, 1.54) is 18.2 Å². The molecule has 10 nitrogen and oxygen atoms in total. The Bertz CT molecular complexity index is 1420. The van der Waals surface area contributed by atoms with Gasteiger partial charge in [0.05, 0.1) is 10.7 Å². The number of halogens is 2. The topological polar surface area (TPSA) is 119 Å². The van der Waals surface area contributed by atoms with E-state index in [-0.39, 0.29) is 33.8 Å². The predicted molar refractivity (Wildman–Crippen MR) is 106 cm³/mol. The number of aromatic nitrogens is 6. The fourth-order valence-electron chi connectivity index (χ4n) is 3.38. The zero-order valence-corrected chi connectivity index (χ0v) is 15.6. The highest BCUT2D eigenvalue weighted by Crippen LogP contribution is 2.46. The molecule has 0 spiro atoms. The Hall–Kier alpha value is -4.12. The summed E-state index contributed by atoms with van der Waals surface area (Å²) in [6.07, 6.45) is 0. The van der Waals surface area contributed by atoms with Gasteiger partial charge in [-0.3, -0.25) is 5.43 Å². The lowest BCUT2D eigenvalue weighted by Crippen LogP contribution is -2.25. The molecule has 2 aromatic carbocycles. The molecule has 0 aliphatic carbocycles. The highest BCUT2D eigenvalue weighted by atomic mass is 35.5. The highest BCUT2D eigenvalue weighted by molar-refractivity contribution is 6.31. The summed E-state index contributed by atoms with van der Waals surface area (Å²) in [5, 5.41) is 20.7. The number of hydrogen-bond donors (Lipinski definition) is 3. The lowest BCUT2D eigenvalue weighted by atomic mass is 10.2. The number of aromatic hydroxyl groups is 1. The second-order valence-corrected chi connectivity index (χ2v) is 6.92. The summed E-state index contributed by atoms with van der Waals surface area (Å²) in [6, 6.07) is 11.7. The van der Waals surface area contributed by atoms with Crippen LogP contribution in [0.15, 0.2) is 47.1 Å². The Morgan fingerprint density at radius 1 is 1.03 bits per heavy atom. The maximum Gasteiger partial charge on any atom is 0.245 e. The molecule has 0 saturated carbocycles. The Morgan fingerprint density at radius 3 is 2.57 bits per heavy atom. The van der Waals surface area contributed by atoms with E-state index in [2.05, 4.69) is 31.0 Å². The van der Waals surface area contributed by atoms with Gasteiger partial charge in [-0.1, -0.05) is 29.8 Å². The Balaban J connectivity index is 1.43. The van der Waals surface area contributed by atoms with Crippen LogP contribution in [0.5, 0.6) is 5.88 Å². The van der Waals surface area contributed by atoms with Crippen molar-refractivity contribution in [1.82, 2.24) is 29.8 Å². The zero-order chi connectivity index (χ0) is 20.4. The quantitative estimate of drug-likeness (QED) is 0.392. The molecule has 1 aliphatic rings. The van der Waals surface area contributed by atoms with Crippen LogP contribution in [-0.2, 0) is 0 Å². The monoisotopic (exact) mass is 424 g/mol. The van der Waals surface area contributed by atoms with Crippen LogP contribution in [0.2, 0.25) is 5.02 Å². The molecule has 0 atom stereocenters. The van der Waals surface area contributed by atoms with Crippen LogP contribution in [0, 0.1) is 5.82 Å². The fraction of sp³-hybridized carbons (Fsp3) is 0. The summed E-state index contributed by atoms with van der Waals surface area (Å²) >= 11 is 5.87. The molecular weight excluding hydrogens is 415 g/mol. The first-order valence-corrected chi connectivity index (χ1v) is 9.10. The molecule has 0 amide bonds. The summed E-state index contributed by atoms with van der Waals surface area (Å²) in [7, 11) is 0. The van der Waals surface area contributed by atoms with E-state index >= 15 is 0 Å². The maximum absolute atomic E-state index is 13.5. The molecule has 0 radical (unpaired) electrons. The molecular formula is C18H10ClFN8O2. The van der Waals surface area contributed by atoms with Crippen molar-refractivity contribution in [3.8, 4) is 22.8 Å².